The van der Waals surface area contributed by atoms with Crippen LogP contribution in [0.5, 0.6) is 17.2 Å². The molecule has 0 fully saturated rings. The van der Waals surface area contributed by atoms with E-state index < -0.39 is 6.04 Å². The molecule has 5 rings (SSSR count). The van der Waals surface area contributed by atoms with Crippen LogP contribution in [0.15, 0.2) is 84.9 Å². The second-order valence-corrected chi connectivity index (χ2v) is 7.82. The van der Waals surface area contributed by atoms with Crippen LogP contribution < -0.4 is 14.8 Å². The SMILES string of the molecule is O=C(CCc1ccccc1)NC(c1ccc2c(c1)OCO2)c1c(O)ccc2ccccc12. The van der Waals surface area contributed by atoms with Crippen LogP contribution in [-0.4, -0.2) is 17.8 Å². The number of carbonyl (C=O) groups is 1. The van der Waals surface area contributed by atoms with Gasteiger partial charge in [-0.15, -0.1) is 0 Å². The van der Waals surface area contributed by atoms with Gasteiger partial charge in [0.15, 0.2) is 11.5 Å². The lowest BCUT2D eigenvalue weighted by atomic mass is 9.92. The third-order valence-corrected chi connectivity index (χ3v) is 5.76. The Kier molecular flexibility index (Phi) is 5.38. The van der Waals surface area contributed by atoms with E-state index in [0.29, 0.717) is 29.9 Å². The van der Waals surface area contributed by atoms with Crippen molar-refractivity contribution in [3.05, 3.63) is 102 Å². The highest BCUT2D eigenvalue weighted by molar-refractivity contribution is 5.89. The summed E-state index contributed by atoms with van der Waals surface area (Å²) in [4.78, 5) is 13.0. The summed E-state index contributed by atoms with van der Waals surface area (Å²) in [5, 5.41) is 15.9. The summed E-state index contributed by atoms with van der Waals surface area (Å²) in [5.74, 6) is 1.34. The Balaban J connectivity index is 1.51. The minimum absolute atomic E-state index is 0.0937. The summed E-state index contributed by atoms with van der Waals surface area (Å²) in [6, 6.07) is 26.4. The van der Waals surface area contributed by atoms with E-state index in [1.54, 1.807) is 6.07 Å². The number of ether oxygens (including phenoxy) is 2. The number of aromatic hydroxyl groups is 1. The van der Waals surface area contributed by atoms with Crippen molar-refractivity contribution >= 4 is 16.7 Å². The molecule has 5 nitrogen and oxygen atoms in total. The molecule has 1 amide bonds. The van der Waals surface area contributed by atoms with Crippen molar-refractivity contribution in [2.45, 2.75) is 18.9 Å². The first-order valence-corrected chi connectivity index (χ1v) is 10.6. The fourth-order valence-electron chi connectivity index (χ4n) is 4.14. The molecule has 0 saturated heterocycles. The van der Waals surface area contributed by atoms with Crippen molar-refractivity contribution < 1.29 is 19.4 Å². The molecule has 0 aromatic heterocycles. The van der Waals surface area contributed by atoms with Crippen molar-refractivity contribution in [2.24, 2.45) is 0 Å². The number of hydrogen-bond donors (Lipinski definition) is 2. The van der Waals surface area contributed by atoms with Crippen LogP contribution in [-0.2, 0) is 11.2 Å². The molecule has 5 heteroatoms. The minimum Gasteiger partial charge on any atom is -0.508 e. The zero-order chi connectivity index (χ0) is 21.9. The van der Waals surface area contributed by atoms with Gasteiger partial charge in [-0.25, -0.2) is 0 Å². The molecule has 4 aromatic carbocycles. The highest BCUT2D eigenvalue weighted by Gasteiger charge is 2.25. The van der Waals surface area contributed by atoms with Gasteiger partial charge in [0, 0.05) is 12.0 Å². The van der Waals surface area contributed by atoms with Gasteiger partial charge in [0.25, 0.3) is 0 Å². The molecule has 0 radical (unpaired) electrons. The number of phenols is 1. The summed E-state index contributed by atoms with van der Waals surface area (Å²) >= 11 is 0. The Bertz CT molecular complexity index is 1270. The molecule has 0 saturated carbocycles. The van der Waals surface area contributed by atoms with Gasteiger partial charge in [0.1, 0.15) is 5.75 Å². The molecule has 0 aliphatic carbocycles. The van der Waals surface area contributed by atoms with Gasteiger partial charge in [-0.05, 0) is 46.5 Å². The molecule has 2 N–H and O–H groups in total. The number of aryl methyl sites for hydroxylation is 1. The Hall–Kier alpha value is -3.99. The quantitative estimate of drug-likeness (QED) is 0.450. The Morgan fingerprint density at radius 2 is 1.69 bits per heavy atom. The first-order chi connectivity index (χ1) is 15.7. The molecule has 4 aromatic rings. The third kappa shape index (κ3) is 3.97. The topological polar surface area (TPSA) is 67.8 Å². The van der Waals surface area contributed by atoms with E-state index in [1.807, 2.05) is 78.9 Å². The van der Waals surface area contributed by atoms with E-state index in [2.05, 4.69) is 5.32 Å². The van der Waals surface area contributed by atoms with Crippen LogP contribution in [0.4, 0.5) is 0 Å². The number of rotatable bonds is 6. The molecule has 1 aliphatic heterocycles. The van der Waals surface area contributed by atoms with E-state index in [0.717, 1.165) is 21.9 Å². The molecular formula is C27H23NO4. The number of phenolic OH excluding ortho intramolecular Hbond substituents is 1. The second-order valence-electron chi connectivity index (χ2n) is 7.82. The average Bonchev–Trinajstić information content (AvgIpc) is 3.30. The summed E-state index contributed by atoms with van der Waals surface area (Å²) in [6.07, 6.45) is 0.985. The zero-order valence-corrected chi connectivity index (χ0v) is 17.5. The van der Waals surface area contributed by atoms with Gasteiger partial charge in [-0.1, -0.05) is 66.7 Å². The minimum atomic E-state index is -0.543. The van der Waals surface area contributed by atoms with Gasteiger partial charge >= 0.3 is 0 Å². The van der Waals surface area contributed by atoms with Gasteiger partial charge in [-0.3, -0.25) is 4.79 Å². The van der Waals surface area contributed by atoms with Crippen LogP contribution in [0.2, 0.25) is 0 Å². The summed E-state index contributed by atoms with van der Waals surface area (Å²) < 4.78 is 11.0. The van der Waals surface area contributed by atoms with Crippen molar-refractivity contribution in [1.82, 2.24) is 5.32 Å². The summed E-state index contributed by atoms with van der Waals surface area (Å²) in [5.41, 5.74) is 2.58. The maximum Gasteiger partial charge on any atom is 0.231 e. The lowest BCUT2D eigenvalue weighted by molar-refractivity contribution is -0.121. The molecule has 0 bridgehead atoms. The first-order valence-electron chi connectivity index (χ1n) is 10.6. The number of nitrogens with one attached hydrogen (secondary N) is 1. The van der Waals surface area contributed by atoms with Crippen molar-refractivity contribution in [2.75, 3.05) is 6.79 Å². The molecule has 1 heterocycles. The third-order valence-electron chi connectivity index (χ3n) is 5.76. The summed E-state index contributed by atoms with van der Waals surface area (Å²) in [6.45, 7) is 0.173. The molecule has 1 unspecified atom stereocenters. The maximum absolute atomic E-state index is 13.0. The lowest BCUT2D eigenvalue weighted by Gasteiger charge is -2.23. The predicted octanol–water partition coefficient (Wildman–Crippen LogP) is 5.11. The van der Waals surface area contributed by atoms with Crippen LogP contribution in [0, 0.1) is 0 Å². The zero-order valence-electron chi connectivity index (χ0n) is 17.5. The van der Waals surface area contributed by atoms with Crippen molar-refractivity contribution in [3.63, 3.8) is 0 Å². The van der Waals surface area contributed by atoms with Crippen molar-refractivity contribution in [1.29, 1.82) is 0 Å². The Morgan fingerprint density at radius 3 is 2.56 bits per heavy atom. The number of fused-ring (bicyclic) bond motifs is 2. The van der Waals surface area contributed by atoms with Gasteiger partial charge in [0.05, 0.1) is 6.04 Å². The van der Waals surface area contributed by atoms with Crippen LogP contribution in [0.1, 0.15) is 29.2 Å². The average molecular weight is 425 g/mol. The van der Waals surface area contributed by atoms with E-state index in [4.69, 9.17) is 9.47 Å². The van der Waals surface area contributed by atoms with Crippen LogP contribution in [0.25, 0.3) is 10.8 Å². The molecule has 1 atom stereocenters. The fourth-order valence-corrected chi connectivity index (χ4v) is 4.14. The largest absolute Gasteiger partial charge is 0.508 e. The van der Waals surface area contributed by atoms with Gasteiger partial charge in [-0.2, -0.15) is 0 Å². The molecule has 1 aliphatic rings. The molecule has 32 heavy (non-hydrogen) atoms. The van der Waals surface area contributed by atoms with E-state index in [-0.39, 0.29) is 18.4 Å². The molecular weight excluding hydrogens is 402 g/mol. The predicted molar refractivity (Wildman–Crippen MR) is 123 cm³/mol. The van der Waals surface area contributed by atoms with Crippen LogP contribution >= 0.6 is 0 Å². The molecule has 160 valence electrons. The standard InChI is InChI=1S/C27H23NO4/c29-22-13-11-19-8-4-5-9-21(19)26(22)27(20-12-14-23-24(16-20)32-17-31-23)28-25(30)15-10-18-6-2-1-3-7-18/h1-9,11-14,16,27,29H,10,15,17H2,(H,28,30). The highest BCUT2D eigenvalue weighted by atomic mass is 16.7. The number of amides is 1. The monoisotopic (exact) mass is 425 g/mol. The smallest absolute Gasteiger partial charge is 0.231 e. The Labute approximate surface area is 186 Å². The normalized spacial score (nSPS) is 13.1. The van der Waals surface area contributed by atoms with E-state index in [9.17, 15) is 9.90 Å². The summed E-state index contributed by atoms with van der Waals surface area (Å²) in [7, 11) is 0. The van der Waals surface area contributed by atoms with Crippen LogP contribution in [0.3, 0.4) is 0 Å². The fraction of sp³-hybridized carbons (Fsp3) is 0.148. The number of carbonyl (C=O) groups excluding carboxylic acids is 1. The van der Waals surface area contributed by atoms with Gasteiger partial charge in [0.2, 0.25) is 12.7 Å². The van der Waals surface area contributed by atoms with Crippen molar-refractivity contribution in [3.8, 4) is 17.2 Å². The first kappa shape index (κ1) is 19.9. The Morgan fingerprint density at radius 1 is 0.906 bits per heavy atom. The second kappa shape index (κ2) is 8.63. The van der Waals surface area contributed by atoms with E-state index >= 15 is 0 Å². The van der Waals surface area contributed by atoms with Gasteiger partial charge < -0.3 is 19.9 Å². The maximum atomic E-state index is 13.0. The number of benzene rings is 4. The molecule has 0 spiro atoms. The number of hydrogen-bond acceptors (Lipinski definition) is 4. The lowest BCUT2D eigenvalue weighted by Crippen LogP contribution is -2.29. The highest BCUT2D eigenvalue weighted by Crippen LogP contribution is 2.40. The van der Waals surface area contributed by atoms with E-state index in [1.165, 1.54) is 0 Å².